The van der Waals surface area contributed by atoms with Gasteiger partial charge in [-0.3, -0.25) is 4.90 Å². The zero-order valence-electron chi connectivity index (χ0n) is 12.0. The molecular weight excluding hydrogens is 318 g/mol. The van der Waals surface area contributed by atoms with E-state index in [1.54, 1.807) is 22.7 Å². The average Bonchev–Trinajstić information content (AvgIpc) is 3.27. The van der Waals surface area contributed by atoms with Crippen LogP contribution in [0.2, 0.25) is 0 Å². The predicted molar refractivity (Wildman–Crippen MR) is 87.0 cm³/mol. The highest BCUT2D eigenvalue weighted by molar-refractivity contribution is 7.20. The Labute approximate surface area is 135 Å². The van der Waals surface area contributed by atoms with Crippen LogP contribution in [0.3, 0.4) is 0 Å². The minimum atomic E-state index is 0.154. The number of aromatic nitrogens is 3. The molecule has 114 valence electrons. The molecule has 0 aromatic carbocycles. The molecule has 1 atom stereocenters. The van der Waals surface area contributed by atoms with Gasteiger partial charge in [0, 0.05) is 25.0 Å². The van der Waals surface area contributed by atoms with E-state index in [1.807, 2.05) is 16.8 Å². The first-order chi connectivity index (χ1) is 10.8. The van der Waals surface area contributed by atoms with Crippen molar-refractivity contribution in [2.45, 2.75) is 6.04 Å². The molecule has 6 nitrogen and oxygen atoms in total. The highest BCUT2D eigenvalue weighted by Gasteiger charge is 2.26. The second-order valence-electron chi connectivity index (χ2n) is 5.17. The number of nitrogens with one attached hydrogen (secondary N) is 1. The van der Waals surface area contributed by atoms with Gasteiger partial charge in [-0.1, -0.05) is 11.2 Å². The quantitative estimate of drug-likeness (QED) is 0.794. The molecule has 0 bridgehead atoms. The number of nitrogens with zero attached hydrogens (tertiary/aromatic N) is 4. The van der Waals surface area contributed by atoms with E-state index < -0.39 is 0 Å². The Bertz CT molecular complexity index is 751. The fourth-order valence-corrected chi connectivity index (χ4v) is 4.06. The van der Waals surface area contributed by atoms with Gasteiger partial charge in [0.2, 0.25) is 0 Å². The van der Waals surface area contributed by atoms with Crippen molar-refractivity contribution in [1.82, 2.24) is 25.3 Å². The van der Waals surface area contributed by atoms with E-state index in [-0.39, 0.29) is 6.04 Å². The standard InChI is InChI=1S/C14H15N5OS2/c1-19-5-4-15-7-10(19)12-17-13(20-18-12)9-8-22-14(16-9)11-3-2-6-21-11/h2-3,6,8,10,15H,4-5,7H2,1H3. The van der Waals surface area contributed by atoms with Crippen molar-refractivity contribution in [3.8, 4) is 21.5 Å². The van der Waals surface area contributed by atoms with Gasteiger partial charge >= 0.3 is 0 Å². The van der Waals surface area contributed by atoms with Gasteiger partial charge in [-0.25, -0.2) is 4.98 Å². The zero-order chi connectivity index (χ0) is 14.9. The fourth-order valence-electron chi connectivity index (χ4n) is 2.45. The van der Waals surface area contributed by atoms with Gasteiger partial charge in [0.1, 0.15) is 10.7 Å². The van der Waals surface area contributed by atoms with E-state index in [0.29, 0.717) is 5.89 Å². The SMILES string of the molecule is CN1CCNCC1c1noc(-c2csc(-c3cccs3)n2)n1. The minimum Gasteiger partial charge on any atom is -0.332 e. The van der Waals surface area contributed by atoms with Crippen LogP contribution in [0.4, 0.5) is 0 Å². The maximum atomic E-state index is 5.41. The lowest BCUT2D eigenvalue weighted by molar-refractivity contribution is 0.190. The summed E-state index contributed by atoms with van der Waals surface area (Å²) in [4.78, 5) is 12.5. The minimum absolute atomic E-state index is 0.154. The summed E-state index contributed by atoms with van der Waals surface area (Å²) in [6.45, 7) is 2.81. The summed E-state index contributed by atoms with van der Waals surface area (Å²) in [5.74, 6) is 1.21. The van der Waals surface area contributed by atoms with Crippen LogP contribution in [0.1, 0.15) is 11.9 Å². The lowest BCUT2D eigenvalue weighted by Gasteiger charge is -2.30. The van der Waals surface area contributed by atoms with Crippen molar-refractivity contribution in [2.24, 2.45) is 0 Å². The third-order valence-corrected chi connectivity index (χ3v) is 5.59. The summed E-state index contributed by atoms with van der Waals surface area (Å²) >= 11 is 3.28. The van der Waals surface area contributed by atoms with Crippen molar-refractivity contribution in [1.29, 1.82) is 0 Å². The normalized spacial score (nSPS) is 19.6. The molecule has 0 radical (unpaired) electrons. The Balaban J connectivity index is 1.59. The summed E-state index contributed by atoms with van der Waals surface area (Å²) in [5.41, 5.74) is 0.749. The van der Waals surface area contributed by atoms with Crippen LogP contribution in [0.25, 0.3) is 21.5 Å². The lowest BCUT2D eigenvalue weighted by Crippen LogP contribution is -2.44. The molecule has 0 spiro atoms. The van der Waals surface area contributed by atoms with Crippen LogP contribution in [0, 0.1) is 0 Å². The molecule has 0 saturated carbocycles. The lowest BCUT2D eigenvalue weighted by atomic mass is 10.2. The molecule has 22 heavy (non-hydrogen) atoms. The molecule has 4 rings (SSSR count). The average molecular weight is 333 g/mol. The summed E-state index contributed by atoms with van der Waals surface area (Å²) in [6.07, 6.45) is 0. The molecule has 1 fully saturated rings. The van der Waals surface area contributed by atoms with Crippen LogP contribution < -0.4 is 5.32 Å². The molecule has 3 aromatic rings. The smallest absolute Gasteiger partial charge is 0.277 e. The number of rotatable bonds is 3. The van der Waals surface area contributed by atoms with Gasteiger partial charge in [0.05, 0.1) is 10.9 Å². The molecule has 3 aromatic heterocycles. The van der Waals surface area contributed by atoms with Crippen LogP contribution >= 0.6 is 22.7 Å². The van der Waals surface area contributed by atoms with Gasteiger partial charge in [0.25, 0.3) is 5.89 Å². The van der Waals surface area contributed by atoms with E-state index in [0.717, 1.165) is 41.0 Å². The fraction of sp³-hybridized carbons (Fsp3) is 0.357. The number of likely N-dealkylation sites (N-methyl/N-ethyl adjacent to an activating group) is 1. The maximum absolute atomic E-state index is 5.41. The van der Waals surface area contributed by atoms with Crippen LogP contribution in [-0.4, -0.2) is 46.7 Å². The highest BCUT2D eigenvalue weighted by atomic mass is 32.1. The Morgan fingerprint density at radius 3 is 3.14 bits per heavy atom. The second kappa shape index (κ2) is 5.88. The summed E-state index contributed by atoms with van der Waals surface area (Å²) in [6, 6.07) is 4.24. The monoisotopic (exact) mass is 333 g/mol. The third-order valence-electron chi connectivity index (χ3n) is 3.71. The van der Waals surface area contributed by atoms with Crippen LogP contribution in [0.15, 0.2) is 27.4 Å². The van der Waals surface area contributed by atoms with Crippen molar-refractivity contribution in [3.05, 3.63) is 28.7 Å². The van der Waals surface area contributed by atoms with Crippen molar-refractivity contribution in [3.63, 3.8) is 0 Å². The van der Waals surface area contributed by atoms with Gasteiger partial charge in [-0.05, 0) is 18.5 Å². The van der Waals surface area contributed by atoms with Gasteiger partial charge in [-0.15, -0.1) is 22.7 Å². The molecule has 1 N–H and O–H groups in total. The van der Waals surface area contributed by atoms with E-state index in [4.69, 9.17) is 4.52 Å². The molecule has 1 unspecified atom stereocenters. The molecule has 1 aliphatic heterocycles. The van der Waals surface area contributed by atoms with E-state index in [1.165, 1.54) is 0 Å². The van der Waals surface area contributed by atoms with Gasteiger partial charge < -0.3 is 9.84 Å². The first kappa shape index (κ1) is 14.0. The molecule has 0 amide bonds. The number of thiazole rings is 1. The number of hydrogen-bond donors (Lipinski definition) is 1. The van der Waals surface area contributed by atoms with Gasteiger partial charge in [-0.2, -0.15) is 4.98 Å². The Morgan fingerprint density at radius 1 is 1.36 bits per heavy atom. The maximum Gasteiger partial charge on any atom is 0.277 e. The van der Waals surface area contributed by atoms with Crippen molar-refractivity contribution >= 4 is 22.7 Å². The molecule has 1 saturated heterocycles. The van der Waals surface area contributed by atoms with E-state index in [2.05, 4.69) is 38.5 Å². The molecule has 0 aliphatic carbocycles. The summed E-state index contributed by atoms with van der Waals surface area (Å²) in [5, 5.41) is 12.5. The van der Waals surface area contributed by atoms with Crippen LogP contribution in [0.5, 0.6) is 0 Å². The number of hydrogen-bond acceptors (Lipinski definition) is 8. The Morgan fingerprint density at radius 2 is 2.32 bits per heavy atom. The van der Waals surface area contributed by atoms with E-state index in [9.17, 15) is 0 Å². The summed E-state index contributed by atoms with van der Waals surface area (Å²) in [7, 11) is 2.08. The van der Waals surface area contributed by atoms with Crippen LogP contribution in [-0.2, 0) is 0 Å². The highest BCUT2D eigenvalue weighted by Crippen LogP contribution is 2.31. The topological polar surface area (TPSA) is 67.1 Å². The summed E-state index contributed by atoms with van der Waals surface area (Å²) < 4.78 is 5.41. The first-order valence-electron chi connectivity index (χ1n) is 7.05. The first-order valence-corrected chi connectivity index (χ1v) is 8.81. The van der Waals surface area contributed by atoms with Crippen molar-refractivity contribution < 1.29 is 4.52 Å². The number of piperazine rings is 1. The van der Waals surface area contributed by atoms with Crippen molar-refractivity contribution in [2.75, 3.05) is 26.7 Å². The largest absolute Gasteiger partial charge is 0.332 e. The zero-order valence-corrected chi connectivity index (χ0v) is 13.7. The number of thiophene rings is 1. The molecular formula is C14H15N5OS2. The second-order valence-corrected chi connectivity index (χ2v) is 6.98. The third kappa shape index (κ3) is 2.58. The van der Waals surface area contributed by atoms with Gasteiger partial charge in [0.15, 0.2) is 5.82 Å². The molecule has 8 heteroatoms. The Kier molecular flexibility index (Phi) is 3.75. The molecule has 1 aliphatic rings. The Hall–Kier alpha value is -1.61. The molecule has 4 heterocycles. The predicted octanol–water partition coefficient (Wildman–Crippen LogP) is 2.50. The van der Waals surface area contributed by atoms with E-state index >= 15 is 0 Å².